The Hall–Kier alpha value is -2.36. The van der Waals surface area contributed by atoms with E-state index in [1.54, 1.807) is 0 Å². The van der Waals surface area contributed by atoms with Gasteiger partial charge in [0.15, 0.2) is 0 Å². The molecule has 0 unspecified atom stereocenters. The Kier molecular flexibility index (Phi) is 17.9. The zero-order chi connectivity index (χ0) is 25.6. The lowest BCUT2D eigenvalue weighted by Gasteiger charge is -2.25. The summed E-state index contributed by atoms with van der Waals surface area (Å²) in [7, 11) is 7.26. The summed E-state index contributed by atoms with van der Waals surface area (Å²) in [6.07, 6.45) is 2.26. The van der Waals surface area contributed by atoms with Crippen LogP contribution in [0.15, 0.2) is 31.3 Å². The molecule has 0 aliphatic rings. The molecular weight excluding hydrogens is 434 g/mol. The molecule has 9 heteroatoms. The summed E-state index contributed by atoms with van der Waals surface area (Å²) in [6, 6.07) is 2.82. The van der Waals surface area contributed by atoms with Gasteiger partial charge in [-0.15, -0.1) is 0 Å². The molecule has 2 N–H and O–H groups in total. The maximum absolute atomic E-state index is 11.2. The Balaban J connectivity index is 0. The Morgan fingerprint density at radius 2 is 1.06 bits per heavy atom. The molecule has 0 spiro atoms. The van der Waals surface area contributed by atoms with Gasteiger partial charge in [0.2, 0.25) is 21.7 Å². The van der Waals surface area contributed by atoms with Crippen LogP contribution in [0.1, 0.15) is 41.0 Å². The SMILES string of the molecule is C.CCCN(C)CCN(C)c1cc(=O)c1=O.CCCN(CC)CCN(C)c1cc(=O)c1=O.CN. The van der Waals surface area contributed by atoms with Gasteiger partial charge in [0, 0.05) is 52.4 Å². The molecule has 2 aromatic rings. The number of rotatable bonds is 13. The molecule has 0 heterocycles. The fourth-order valence-electron chi connectivity index (χ4n) is 3.27. The van der Waals surface area contributed by atoms with Crippen LogP contribution in [0.4, 0.5) is 11.4 Å². The van der Waals surface area contributed by atoms with Crippen molar-refractivity contribution in [1.82, 2.24) is 9.80 Å². The topological polar surface area (TPSA) is 107 Å². The van der Waals surface area contributed by atoms with Gasteiger partial charge in [-0.05, 0) is 46.6 Å². The average molecular weight is 482 g/mol. The lowest BCUT2D eigenvalue weighted by Crippen LogP contribution is -2.41. The van der Waals surface area contributed by atoms with Crippen molar-refractivity contribution in [3.63, 3.8) is 0 Å². The predicted octanol–water partition coefficient (Wildman–Crippen LogP) is 0.722. The van der Waals surface area contributed by atoms with Crippen LogP contribution in [-0.2, 0) is 0 Å². The molecule has 2 aromatic carbocycles. The highest BCUT2D eigenvalue weighted by Crippen LogP contribution is 2.04. The number of hydrogen-bond donors (Lipinski definition) is 1. The van der Waals surface area contributed by atoms with E-state index in [-0.39, 0.29) is 29.1 Å². The van der Waals surface area contributed by atoms with Gasteiger partial charge in [-0.25, -0.2) is 0 Å². The Morgan fingerprint density at radius 1 is 0.647 bits per heavy atom. The van der Waals surface area contributed by atoms with Gasteiger partial charge in [-0.2, -0.15) is 0 Å². The van der Waals surface area contributed by atoms with Crippen molar-refractivity contribution in [2.24, 2.45) is 5.73 Å². The molecule has 0 atom stereocenters. The largest absolute Gasteiger partial charge is 0.370 e. The minimum atomic E-state index is -0.376. The zero-order valence-electron chi connectivity index (χ0n) is 21.5. The van der Waals surface area contributed by atoms with Gasteiger partial charge < -0.3 is 25.3 Å². The number of likely N-dealkylation sites (N-methyl/N-ethyl adjacent to an activating group) is 4. The Labute approximate surface area is 205 Å². The summed E-state index contributed by atoms with van der Waals surface area (Å²) in [5.74, 6) is 0. The summed E-state index contributed by atoms with van der Waals surface area (Å²) in [5.41, 5.74) is 4.15. The summed E-state index contributed by atoms with van der Waals surface area (Å²) >= 11 is 0. The van der Waals surface area contributed by atoms with Crippen LogP contribution in [0.5, 0.6) is 0 Å². The second-order valence-electron chi connectivity index (χ2n) is 8.03. The highest BCUT2D eigenvalue weighted by molar-refractivity contribution is 5.50. The number of hydrogen-bond acceptors (Lipinski definition) is 9. The molecule has 34 heavy (non-hydrogen) atoms. The van der Waals surface area contributed by atoms with Gasteiger partial charge in [0.1, 0.15) is 0 Å². The molecule has 0 amide bonds. The van der Waals surface area contributed by atoms with E-state index in [2.05, 4.69) is 43.4 Å². The smallest absolute Gasteiger partial charge is 0.249 e. The van der Waals surface area contributed by atoms with Crippen LogP contribution in [0.25, 0.3) is 0 Å². The van der Waals surface area contributed by atoms with E-state index in [9.17, 15) is 19.2 Å². The maximum Gasteiger partial charge on any atom is 0.249 e. The third kappa shape index (κ3) is 10.7. The molecule has 0 aromatic heterocycles. The molecule has 0 fully saturated rings. The van der Waals surface area contributed by atoms with Crippen LogP contribution >= 0.6 is 0 Å². The Bertz CT molecular complexity index is 929. The van der Waals surface area contributed by atoms with Crippen molar-refractivity contribution in [2.75, 3.05) is 83.8 Å². The predicted molar refractivity (Wildman–Crippen MR) is 146 cm³/mol. The van der Waals surface area contributed by atoms with Gasteiger partial charge >= 0.3 is 0 Å². The molecule has 0 aliphatic heterocycles. The first-order chi connectivity index (χ1) is 15.7. The molecule has 9 nitrogen and oxygen atoms in total. The van der Waals surface area contributed by atoms with Crippen molar-refractivity contribution >= 4 is 11.4 Å². The van der Waals surface area contributed by atoms with Gasteiger partial charge in [-0.3, -0.25) is 19.2 Å². The highest BCUT2D eigenvalue weighted by atomic mass is 16.2. The summed E-state index contributed by atoms with van der Waals surface area (Å²) < 4.78 is 0. The quantitative estimate of drug-likeness (QED) is 0.414. The van der Waals surface area contributed by atoms with E-state index in [1.807, 2.05) is 23.9 Å². The fraction of sp³-hybridized carbons (Fsp3) is 0.680. The van der Waals surface area contributed by atoms with Crippen LogP contribution < -0.4 is 37.2 Å². The fourth-order valence-corrected chi connectivity index (χ4v) is 3.27. The van der Waals surface area contributed by atoms with E-state index < -0.39 is 0 Å². The van der Waals surface area contributed by atoms with Crippen LogP contribution in [-0.4, -0.2) is 83.8 Å². The van der Waals surface area contributed by atoms with Crippen molar-refractivity contribution in [1.29, 1.82) is 0 Å². The van der Waals surface area contributed by atoms with Crippen molar-refractivity contribution < 1.29 is 0 Å². The first-order valence-electron chi connectivity index (χ1n) is 11.7. The van der Waals surface area contributed by atoms with Crippen LogP contribution in [0, 0.1) is 0 Å². The third-order valence-electron chi connectivity index (χ3n) is 5.43. The average Bonchev–Trinajstić information content (AvgIpc) is 2.83. The van der Waals surface area contributed by atoms with Crippen LogP contribution in [0.2, 0.25) is 0 Å². The van der Waals surface area contributed by atoms with E-state index in [0.717, 1.165) is 58.7 Å². The molecule has 0 saturated carbocycles. The van der Waals surface area contributed by atoms with E-state index in [1.165, 1.54) is 19.2 Å². The highest BCUT2D eigenvalue weighted by Gasteiger charge is 2.14. The third-order valence-corrected chi connectivity index (χ3v) is 5.43. The Morgan fingerprint density at radius 3 is 1.38 bits per heavy atom. The second kappa shape index (κ2) is 18.0. The van der Waals surface area contributed by atoms with E-state index in [0.29, 0.717) is 11.4 Å². The summed E-state index contributed by atoms with van der Waals surface area (Å²) in [4.78, 5) is 52.0. The van der Waals surface area contributed by atoms with E-state index >= 15 is 0 Å². The zero-order valence-corrected chi connectivity index (χ0v) is 21.5. The molecule has 0 saturated heterocycles. The van der Waals surface area contributed by atoms with Crippen molar-refractivity contribution in [3.8, 4) is 0 Å². The minimum absolute atomic E-state index is 0. The number of nitrogens with zero attached hydrogens (tertiary/aromatic N) is 4. The molecular formula is C25H47N5O4. The number of nitrogens with two attached hydrogens (primary N) is 1. The van der Waals surface area contributed by atoms with Crippen molar-refractivity contribution in [2.45, 2.75) is 41.0 Å². The first-order valence-corrected chi connectivity index (χ1v) is 11.7. The number of anilines is 2. The monoisotopic (exact) mass is 481 g/mol. The molecule has 0 aliphatic carbocycles. The van der Waals surface area contributed by atoms with E-state index in [4.69, 9.17) is 0 Å². The maximum atomic E-state index is 11.2. The first kappa shape index (κ1) is 33.8. The minimum Gasteiger partial charge on any atom is -0.370 e. The summed E-state index contributed by atoms with van der Waals surface area (Å²) in [6.45, 7) is 13.0. The normalized spacial score (nSPS) is 10.4. The van der Waals surface area contributed by atoms with Crippen LogP contribution in [0.3, 0.4) is 0 Å². The van der Waals surface area contributed by atoms with Crippen molar-refractivity contribution in [3.05, 3.63) is 53.0 Å². The molecule has 0 radical (unpaired) electrons. The lowest BCUT2D eigenvalue weighted by atomic mass is 10.2. The van der Waals surface area contributed by atoms with Gasteiger partial charge in [0.25, 0.3) is 0 Å². The second-order valence-corrected chi connectivity index (χ2v) is 8.03. The lowest BCUT2D eigenvalue weighted by molar-refractivity contribution is 0.295. The van der Waals surface area contributed by atoms with Gasteiger partial charge in [0.05, 0.1) is 11.4 Å². The standard InChI is InChI=1S/C12H20N2O2.C11H18N2O2.CH5N.CH4/c1-4-6-14(5-2)8-7-13(3)10-9-11(15)12(10)16;1-4-5-12(2)6-7-13(3)9-8-10(14)11(9)15;1-2;/h9H,4-8H2,1-3H3;8H,4-7H2,1-3H3;2H2,1H3;1H4. The van der Waals surface area contributed by atoms with Gasteiger partial charge in [-0.1, -0.05) is 28.2 Å². The summed E-state index contributed by atoms with van der Waals surface area (Å²) in [5, 5.41) is 0. The molecule has 0 bridgehead atoms. The molecule has 2 rings (SSSR count). The molecule has 196 valence electrons.